The molecule has 0 amide bonds. The molecular weight excluding hydrogens is 290 g/mol. The minimum Gasteiger partial charge on any atom is -0.345 e. The molecule has 2 heterocycles. The van der Waals surface area contributed by atoms with E-state index in [1.807, 2.05) is 26.0 Å². The van der Waals surface area contributed by atoms with Crippen molar-refractivity contribution in [2.75, 3.05) is 0 Å². The maximum Gasteiger partial charge on any atom is 0.187 e. The van der Waals surface area contributed by atoms with Crippen LogP contribution in [0.4, 0.5) is 0 Å². The summed E-state index contributed by atoms with van der Waals surface area (Å²) in [7, 11) is 0. The second kappa shape index (κ2) is 7.14. The normalized spacial score (nSPS) is 30.1. The maximum atomic E-state index is 6.12. The van der Waals surface area contributed by atoms with Gasteiger partial charge in [0.15, 0.2) is 12.1 Å². The summed E-state index contributed by atoms with van der Waals surface area (Å²) in [6.45, 7) is 8.55. The molecule has 2 aliphatic heterocycles. The molecule has 1 aromatic rings. The third kappa shape index (κ3) is 4.21. The minimum absolute atomic E-state index is 0.0414. The first-order valence-corrected chi connectivity index (χ1v) is 8.47. The highest BCUT2D eigenvalue weighted by Crippen LogP contribution is 2.38. The second-order valence-electron chi connectivity index (χ2n) is 6.79. The molecule has 1 N–H and O–H groups in total. The molecule has 0 unspecified atom stereocenters. The van der Waals surface area contributed by atoms with Gasteiger partial charge in [0, 0.05) is 19.0 Å². The molecule has 2 aliphatic rings. The SMILES string of the molecule is C=CCC[C@H](NCc1ccccc1)[C@@H]1C[C@H]2OC(C)(C)O[C@H]2O1. The van der Waals surface area contributed by atoms with Crippen molar-refractivity contribution in [1.29, 1.82) is 0 Å². The van der Waals surface area contributed by atoms with E-state index in [1.165, 1.54) is 5.56 Å². The summed E-state index contributed by atoms with van der Waals surface area (Å²) in [6.07, 6.45) is 4.73. The molecule has 4 atom stereocenters. The number of benzene rings is 1. The number of nitrogens with one attached hydrogen (secondary N) is 1. The molecule has 3 rings (SSSR count). The number of hydrogen-bond donors (Lipinski definition) is 1. The molecule has 4 heteroatoms. The minimum atomic E-state index is -0.533. The van der Waals surface area contributed by atoms with Crippen LogP contribution in [0.15, 0.2) is 43.0 Å². The molecular formula is C19H27NO3. The lowest BCUT2D eigenvalue weighted by Gasteiger charge is -2.27. The highest BCUT2D eigenvalue weighted by Gasteiger charge is 2.49. The number of ether oxygens (including phenoxy) is 3. The standard InChI is InChI=1S/C19H27NO3/c1-4-5-11-15(20-13-14-9-7-6-8-10-14)16-12-17-18(21-16)23-19(2,3)22-17/h4,6-10,15-18,20H,1,5,11-13H2,2-3H3/t15-,16-,17+,18+/m0/s1. The van der Waals surface area contributed by atoms with Gasteiger partial charge in [-0.15, -0.1) is 6.58 Å². The van der Waals surface area contributed by atoms with Crippen LogP contribution in [0.1, 0.15) is 38.7 Å². The molecule has 0 radical (unpaired) electrons. The highest BCUT2D eigenvalue weighted by molar-refractivity contribution is 5.14. The van der Waals surface area contributed by atoms with E-state index in [1.54, 1.807) is 0 Å². The van der Waals surface area contributed by atoms with E-state index >= 15 is 0 Å². The van der Waals surface area contributed by atoms with Crippen LogP contribution in [0.2, 0.25) is 0 Å². The van der Waals surface area contributed by atoms with Crippen molar-refractivity contribution >= 4 is 0 Å². The van der Waals surface area contributed by atoms with Crippen LogP contribution in [0.5, 0.6) is 0 Å². The largest absolute Gasteiger partial charge is 0.345 e. The zero-order valence-corrected chi connectivity index (χ0v) is 14.0. The van der Waals surface area contributed by atoms with Gasteiger partial charge in [-0.1, -0.05) is 36.4 Å². The van der Waals surface area contributed by atoms with Crippen LogP contribution in [-0.4, -0.2) is 30.3 Å². The predicted molar refractivity (Wildman–Crippen MR) is 89.8 cm³/mol. The summed E-state index contributed by atoms with van der Waals surface area (Å²) in [4.78, 5) is 0. The zero-order chi connectivity index (χ0) is 16.3. The van der Waals surface area contributed by atoms with Crippen LogP contribution in [0.25, 0.3) is 0 Å². The molecule has 4 nitrogen and oxygen atoms in total. The van der Waals surface area contributed by atoms with Gasteiger partial charge in [0.05, 0.1) is 6.10 Å². The Morgan fingerprint density at radius 3 is 2.78 bits per heavy atom. The molecule has 0 spiro atoms. The molecule has 2 fully saturated rings. The van der Waals surface area contributed by atoms with Gasteiger partial charge in [-0.2, -0.15) is 0 Å². The van der Waals surface area contributed by atoms with Crippen molar-refractivity contribution in [3.63, 3.8) is 0 Å². The monoisotopic (exact) mass is 317 g/mol. The van der Waals surface area contributed by atoms with Crippen molar-refractivity contribution < 1.29 is 14.2 Å². The van der Waals surface area contributed by atoms with Crippen molar-refractivity contribution in [3.05, 3.63) is 48.6 Å². The van der Waals surface area contributed by atoms with Gasteiger partial charge in [-0.25, -0.2) is 0 Å². The molecule has 23 heavy (non-hydrogen) atoms. The van der Waals surface area contributed by atoms with E-state index in [-0.39, 0.29) is 24.5 Å². The Morgan fingerprint density at radius 1 is 1.30 bits per heavy atom. The van der Waals surface area contributed by atoms with Crippen LogP contribution < -0.4 is 5.32 Å². The summed E-state index contributed by atoms with van der Waals surface area (Å²) in [5.41, 5.74) is 1.28. The number of fused-ring (bicyclic) bond motifs is 1. The van der Waals surface area contributed by atoms with Crippen molar-refractivity contribution in [2.45, 2.75) is 70.0 Å². The topological polar surface area (TPSA) is 39.7 Å². The van der Waals surface area contributed by atoms with Gasteiger partial charge >= 0.3 is 0 Å². The number of allylic oxidation sites excluding steroid dienone is 1. The van der Waals surface area contributed by atoms with Crippen LogP contribution >= 0.6 is 0 Å². The summed E-state index contributed by atoms with van der Waals surface area (Å²) >= 11 is 0. The van der Waals surface area contributed by atoms with Crippen molar-refractivity contribution in [1.82, 2.24) is 5.32 Å². The van der Waals surface area contributed by atoms with Gasteiger partial charge in [0.25, 0.3) is 0 Å². The fourth-order valence-corrected chi connectivity index (χ4v) is 3.36. The average molecular weight is 317 g/mol. The van der Waals surface area contributed by atoms with E-state index in [0.717, 1.165) is 25.8 Å². The first kappa shape index (κ1) is 16.7. The Labute approximate surface area is 138 Å². The zero-order valence-electron chi connectivity index (χ0n) is 14.0. The Morgan fingerprint density at radius 2 is 2.09 bits per heavy atom. The number of rotatable bonds is 7. The highest BCUT2D eigenvalue weighted by atomic mass is 16.8. The Balaban J connectivity index is 1.58. The first-order valence-electron chi connectivity index (χ1n) is 8.47. The van der Waals surface area contributed by atoms with E-state index in [0.29, 0.717) is 0 Å². The lowest BCUT2D eigenvalue weighted by molar-refractivity contribution is -0.207. The van der Waals surface area contributed by atoms with E-state index in [9.17, 15) is 0 Å². The van der Waals surface area contributed by atoms with Gasteiger partial charge in [-0.3, -0.25) is 0 Å². The van der Waals surface area contributed by atoms with Crippen LogP contribution in [0, 0.1) is 0 Å². The average Bonchev–Trinajstić information content (AvgIpc) is 3.02. The molecule has 0 aromatic heterocycles. The Kier molecular flexibility index (Phi) is 5.17. The van der Waals surface area contributed by atoms with Gasteiger partial charge in [0.2, 0.25) is 0 Å². The van der Waals surface area contributed by atoms with Crippen LogP contribution in [-0.2, 0) is 20.8 Å². The summed E-state index contributed by atoms with van der Waals surface area (Å²) in [5, 5.41) is 3.64. The lowest BCUT2D eigenvalue weighted by atomic mass is 10.0. The fraction of sp³-hybridized carbons (Fsp3) is 0.579. The molecule has 0 saturated carbocycles. The fourth-order valence-electron chi connectivity index (χ4n) is 3.36. The molecule has 0 bridgehead atoms. The molecule has 2 saturated heterocycles. The Hall–Kier alpha value is -1.20. The smallest absolute Gasteiger partial charge is 0.187 e. The lowest BCUT2D eigenvalue weighted by Crippen LogP contribution is -2.40. The summed E-state index contributed by atoms with van der Waals surface area (Å²) in [6, 6.07) is 10.7. The maximum absolute atomic E-state index is 6.12. The predicted octanol–water partition coefficient (Wildman–Crippen LogP) is 3.38. The van der Waals surface area contributed by atoms with Gasteiger partial charge < -0.3 is 19.5 Å². The van der Waals surface area contributed by atoms with Gasteiger partial charge in [0.1, 0.15) is 6.10 Å². The van der Waals surface area contributed by atoms with Gasteiger partial charge in [-0.05, 0) is 32.3 Å². The molecule has 0 aliphatic carbocycles. The van der Waals surface area contributed by atoms with Crippen LogP contribution in [0.3, 0.4) is 0 Å². The first-order chi connectivity index (χ1) is 11.1. The number of hydrogen-bond acceptors (Lipinski definition) is 4. The van der Waals surface area contributed by atoms with E-state index in [2.05, 4.69) is 36.2 Å². The summed E-state index contributed by atoms with van der Waals surface area (Å²) in [5.74, 6) is -0.533. The Bertz CT molecular complexity index is 501. The van der Waals surface area contributed by atoms with Crippen molar-refractivity contribution in [3.8, 4) is 0 Å². The molecule has 126 valence electrons. The third-order valence-electron chi connectivity index (χ3n) is 4.45. The summed E-state index contributed by atoms with van der Waals surface area (Å²) < 4.78 is 17.9. The molecule has 1 aromatic carbocycles. The third-order valence-corrected chi connectivity index (χ3v) is 4.45. The van der Waals surface area contributed by atoms with Crippen molar-refractivity contribution in [2.24, 2.45) is 0 Å². The quantitative estimate of drug-likeness (QED) is 0.783. The van der Waals surface area contributed by atoms with E-state index in [4.69, 9.17) is 14.2 Å². The second-order valence-corrected chi connectivity index (χ2v) is 6.79. The van der Waals surface area contributed by atoms with E-state index < -0.39 is 5.79 Å².